The van der Waals surface area contributed by atoms with Crippen LogP contribution in [0.4, 0.5) is 0 Å². The van der Waals surface area contributed by atoms with Crippen LogP contribution in [0.3, 0.4) is 0 Å². The van der Waals surface area contributed by atoms with Gasteiger partial charge in [-0.25, -0.2) is 9.79 Å². The van der Waals surface area contributed by atoms with Gasteiger partial charge in [0.2, 0.25) is 0 Å². The van der Waals surface area contributed by atoms with E-state index in [9.17, 15) is 9.59 Å². The number of thiophene rings is 1. The van der Waals surface area contributed by atoms with Crippen LogP contribution in [0, 0.1) is 0 Å². The van der Waals surface area contributed by atoms with Crippen LogP contribution >= 0.6 is 22.7 Å². The number of fused-ring (bicyclic) bond motifs is 3. The van der Waals surface area contributed by atoms with Gasteiger partial charge in [0, 0.05) is 34.1 Å². The van der Waals surface area contributed by atoms with Crippen LogP contribution in [-0.4, -0.2) is 21.7 Å². The average molecular weight is 590 g/mol. The third kappa shape index (κ3) is 4.44. The molecule has 0 fully saturated rings. The second kappa shape index (κ2) is 10.7. The van der Waals surface area contributed by atoms with E-state index in [1.54, 1.807) is 11.5 Å². The molecule has 3 aromatic heterocycles. The number of hydrogen-bond acceptors (Lipinski definition) is 6. The second-order valence-electron chi connectivity index (χ2n) is 10.2. The number of thiazole rings is 1. The number of benzene rings is 3. The van der Waals surface area contributed by atoms with Gasteiger partial charge in [0.15, 0.2) is 4.80 Å². The molecule has 1 atom stereocenters. The quantitative estimate of drug-likeness (QED) is 0.223. The summed E-state index contributed by atoms with van der Waals surface area (Å²) in [6.07, 6.45) is 4.08. The fourth-order valence-corrected chi connectivity index (χ4v) is 7.64. The number of carbonyl (C=O) groups is 1. The summed E-state index contributed by atoms with van der Waals surface area (Å²) in [7, 11) is 0. The van der Waals surface area contributed by atoms with Crippen LogP contribution in [0.1, 0.15) is 35.9 Å². The maximum absolute atomic E-state index is 14.0. The highest BCUT2D eigenvalue weighted by Gasteiger charge is 2.33. The molecule has 0 saturated carbocycles. The Morgan fingerprint density at radius 2 is 1.79 bits per heavy atom. The van der Waals surface area contributed by atoms with E-state index in [1.807, 2.05) is 42.6 Å². The number of para-hydroxylation sites is 1. The first-order chi connectivity index (χ1) is 20.5. The van der Waals surface area contributed by atoms with Crippen molar-refractivity contribution in [2.24, 2.45) is 4.99 Å². The Morgan fingerprint density at radius 3 is 2.60 bits per heavy atom. The van der Waals surface area contributed by atoms with E-state index in [-0.39, 0.29) is 12.2 Å². The lowest BCUT2D eigenvalue weighted by Gasteiger charge is -2.23. The zero-order valence-corrected chi connectivity index (χ0v) is 24.7. The molecular formula is C34H27N3O3S2. The van der Waals surface area contributed by atoms with Crippen molar-refractivity contribution < 1.29 is 9.53 Å². The van der Waals surface area contributed by atoms with Crippen molar-refractivity contribution in [3.05, 3.63) is 137 Å². The van der Waals surface area contributed by atoms with Crippen molar-refractivity contribution in [1.29, 1.82) is 0 Å². The Kier molecular flexibility index (Phi) is 6.72. The van der Waals surface area contributed by atoms with Gasteiger partial charge in [0.05, 0.1) is 22.4 Å². The first kappa shape index (κ1) is 26.4. The summed E-state index contributed by atoms with van der Waals surface area (Å²) in [5.74, 6) is -0.442. The first-order valence-corrected chi connectivity index (χ1v) is 15.5. The summed E-state index contributed by atoms with van der Waals surface area (Å²) in [4.78, 5) is 33.3. The molecule has 0 amide bonds. The van der Waals surface area contributed by atoms with E-state index < -0.39 is 12.0 Å². The minimum absolute atomic E-state index is 0.169. The molecule has 0 spiro atoms. The number of esters is 1. The number of allylic oxidation sites excluding steroid dienone is 1. The van der Waals surface area contributed by atoms with Crippen molar-refractivity contribution >= 4 is 56.4 Å². The van der Waals surface area contributed by atoms with Gasteiger partial charge in [0.1, 0.15) is 6.04 Å². The molecule has 1 aliphatic heterocycles. The smallest absolute Gasteiger partial charge is 0.338 e. The third-order valence-corrected chi connectivity index (χ3v) is 9.56. The molecule has 7 rings (SSSR count). The SMILES string of the molecule is CCOC(=O)C1=C(C)N=c2s/c(=C\c3cn(Cc4cccc5ccccc45)c4ccccc34)c(=O)n2[C@H]1c1cccs1. The predicted molar refractivity (Wildman–Crippen MR) is 170 cm³/mol. The molecule has 3 aromatic carbocycles. The van der Waals surface area contributed by atoms with Crippen LogP contribution in [0.2, 0.25) is 0 Å². The Balaban J connectivity index is 1.37. The molecule has 4 heterocycles. The molecule has 0 radical (unpaired) electrons. The molecule has 1 aliphatic rings. The minimum atomic E-state index is -0.574. The molecule has 208 valence electrons. The van der Waals surface area contributed by atoms with Crippen LogP contribution in [-0.2, 0) is 16.1 Å². The van der Waals surface area contributed by atoms with Crippen LogP contribution in [0.15, 0.2) is 111 Å². The Morgan fingerprint density at radius 1 is 1.00 bits per heavy atom. The molecule has 0 aliphatic carbocycles. The summed E-state index contributed by atoms with van der Waals surface area (Å²) < 4.78 is 9.86. The molecule has 8 heteroatoms. The Hall–Kier alpha value is -4.53. The van der Waals surface area contributed by atoms with E-state index in [0.717, 1.165) is 21.3 Å². The summed E-state index contributed by atoms with van der Waals surface area (Å²) in [6.45, 7) is 4.54. The lowest BCUT2D eigenvalue weighted by atomic mass is 10.0. The van der Waals surface area contributed by atoms with Gasteiger partial charge in [-0.3, -0.25) is 9.36 Å². The maximum atomic E-state index is 14.0. The van der Waals surface area contributed by atoms with Crippen LogP contribution in [0.5, 0.6) is 0 Å². The van der Waals surface area contributed by atoms with Gasteiger partial charge in [-0.15, -0.1) is 11.3 Å². The average Bonchev–Trinajstić information content (AvgIpc) is 3.72. The predicted octanol–water partition coefficient (Wildman–Crippen LogP) is 6.02. The summed E-state index contributed by atoms with van der Waals surface area (Å²) >= 11 is 2.86. The van der Waals surface area contributed by atoms with Gasteiger partial charge < -0.3 is 9.30 Å². The second-order valence-corrected chi connectivity index (χ2v) is 12.2. The largest absolute Gasteiger partial charge is 0.463 e. The highest BCUT2D eigenvalue weighted by Crippen LogP contribution is 2.33. The van der Waals surface area contributed by atoms with E-state index >= 15 is 0 Å². The molecule has 6 aromatic rings. The number of aromatic nitrogens is 2. The van der Waals surface area contributed by atoms with Gasteiger partial charge in [-0.1, -0.05) is 78.1 Å². The topological polar surface area (TPSA) is 65.6 Å². The van der Waals surface area contributed by atoms with E-state index in [2.05, 4.69) is 65.4 Å². The number of nitrogens with zero attached hydrogens (tertiary/aromatic N) is 3. The third-order valence-electron chi connectivity index (χ3n) is 7.66. The lowest BCUT2D eigenvalue weighted by Crippen LogP contribution is -2.39. The first-order valence-electron chi connectivity index (χ1n) is 13.8. The Bertz CT molecular complexity index is 2190. The zero-order chi connectivity index (χ0) is 28.8. The molecule has 0 N–H and O–H groups in total. The fourth-order valence-electron chi connectivity index (χ4n) is 5.78. The number of ether oxygens (including phenoxy) is 1. The Labute approximate surface area is 249 Å². The van der Waals surface area contributed by atoms with E-state index in [4.69, 9.17) is 9.73 Å². The lowest BCUT2D eigenvalue weighted by molar-refractivity contribution is -0.139. The number of carbonyl (C=O) groups excluding carboxylic acids is 1. The molecule has 6 nitrogen and oxygen atoms in total. The molecule has 0 saturated heterocycles. The van der Waals surface area contributed by atoms with Crippen molar-refractivity contribution in [3.63, 3.8) is 0 Å². The monoisotopic (exact) mass is 589 g/mol. The summed E-state index contributed by atoms with van der Waals surface area (Å²) in [5, 5.41) is 5.47. The minimum Gasteiger partial charge on any atom is -0.463 e. The zero-order valence-electron chi connectivity index (χ0n) is 23.1. The highest BCUT2D eigenvalue weighted by molar-refractivity contribution is 7.10. The summed E-state index contributed by atoms with van der Waals surface area (Å²) in [6, 6.07) is 26.4. The fraction of sp³-hybridized carbons (Fsp3) is 0.147. The molecule has 42 heavy (non-hydrogen) atoms. The van der Waals surface area contributed by atoms with Gasteiger partial charge >= 0.3 is 5.97 Å². The van der Waals surface area contributed by atoms with Crippen molar-refractivity contribution in [3.8, 4) is 0 Å². The van der Waals surface area contributed by atoms with E-state index in [1.165, 1.54) is 39.0 Å². The maximum Gasteiger partial charge on any atom is 0.338 e. The van der Waals surface area contributed by atoms with Crippen LogP contribution < -0.4 is 14.9 Å². The van der Waals surface area contributed by atoms with Gasteiger partial charge in [-0.2, -0.15) is 0 Å². The van der Waals surface area contributed by atoms with Gasteiger partial charge in [0.25, 0.3) is 5.56 Å². The molecule has 0 unspecified atom stereocenters. The van der Waals surface area contributed by atoms with Crippen LogP contribution in [0.25, 0.3) is 27.8 Å². The van der Waals surface area contributed by atoms with Crippen molar-refractivity contribution in [2.45, 2.75) is 26.4 Å². The molecule has 0 bridgehead atoms. The van der Waals surface area contributed by atoms with Crippen molar-refractivity contribution in [2.75, 3.05) is 6.61 Å². The number of rotatable bonds is 6. The summed E-state index contributed by atoms with van der Waals surface area (Å²) in [5.41, 5.74) is 4.11. The normalized spacial score (nSPS) is 15.3. The standard InChI is InChI=1S/C34H27N3O3S2/c1-3-40-33(39)30-21(2)35-34-37(31(30)28-16-9-17-41-28)32(38)29(42-34)18-24-20-36(27-15-7-6-14-26(24)27)19-23-12-8-11-22-10-4-5-13-25(22)23/h4-18,20,31H,3,19H2,1-2H3/b29-18-/t31-/m0/s1. The number of hydrogen-bond donors (Lipinski definition) is 0. The van der Waals surface area contributed by atoms with E-state index in [0.29, 0.717) is 27.1 Å². The highest BCUT2D eigenvalue weighted by atomic mass is 32.1. The van der Waals surface area contributed by atoms with Gasteiger partial charge in [-0.05, 0) is 53.8 Å². The van der Waals surface area contributed by atoms with Crippen molar-refractivity contribution in [1.82, 2.24) is 9.13 Å². The molecular weight excluding hydrogens is 563 g/mol.